The van der Waals surface area contributed by atoms with Gasteiger partial charge in [0.25, 0.3) is 0 Å². The number of halogens is 1. The van der Waals surface area contributed by atoms with Crippen LogP contribution in [0, 0.1) is 0 Å². The van der Waals surface area contributed by atoms with Crippen molar-refractivity contribution in [3.63, 3.8) is 0 Å². The first-order chi connectivity index (χ1) is 10.3. The minimum absolute atomic E-state index is 0.00988. The van der Waals surface area contributed by atoms with Gasteiger partial charge < -0.3 is 10.1 Å². The Hall–Kier alpha value is -1.81. The Labute approximate surface area is 133 Å². The Morgan fingerprint density at radius 3 is 2.14 bits per heavy atom. The van der Waals surface area contributed by atoms with Gasteiger partial charge in [-0.2, -0.15) is 0 Å². The van der Waals surface area contributed by atoms with Crippen molar-refractivity contribution in [2.24, 2.45) is 0 Å². The molecule has 0 fully saturated rings. The topological polar surface area (TPSA) is 38.3 Å². The zero-order valence-electron chi connectivity index (χ0n) is 11.7. The average molecular weight is 348 g/mol. The quantitative estimate of drug-likeness (QED) is 0.804. The number of benzene rings is 2. The van der Waals surface area contributed by atoms with Gasteiger partial charge in [0.1, 0.15) is 6.61 Å². The van der Waals surface area contributed by atoms with Crippen LogP contribution in [0.15, 0.2) is 60.7 Å². The van der Waals surface area contributed by atoms with Crippen molar-refractivity contribution >= 4 is 22.0 Å². The van der Waals surface area contributed by atoms with Gasteiger partial charge in [0.05, 0.1) is 0 Å². The van der Waals surface area contributed by atoms with Crippen molar-refractivity contribution in [1.29, 1.82) is 0 Å². The first-order valence-corrected chi connectivity index (χ1v) is 7.97. The van der Waals surface area contributed by atoms with Crippen LogP contribution in [-0.4, -0.2) is 17.5 Å². The molecule has 0 saturated heterocycles. The molecule has 4 heteroatoms. The minimum Gasteiger partial charge on any atom is -0.445 e. The molecular weight excluding hydrogens is 330 g/mol. The summed E-state index contributed by atoms with van der Waals surface area (Å²) in [5.41, 5.74) is 2.16. The number of nitrogens with one attached hydrogen (secondary N) is 1. The average Bonchev–Trinajstić information content (AvgIpc) is 2.54. The molecule has 0 heterocycles. The molecule has 2 aromatic carbocycles. The molecule has 3 nitrogen and oxygen atoms in total. The lowest BCUT2D eigenvalue weighted by atomic mass is 10.1. The molecule has 2 rings (SSSR count). The molecule has 0 aliphatic carbocycles. The summed E-state index contributed by atoms with van der Waals surface area (Å²) < 4.78 is 5.23. The number of ether oxygens (including phenoxy) is 1. The predicted molar refractivity (Wildman–Crippen MR) is 87.5 cm³/mol. The lowest BCUT2D eigenvalue weighted by Gasteiger charge is -2.16. The molecule has 0 aromatic heterocycles. The Kier molecular flexibility index (Phi) is 6.28. The molecule has 0 aliphatic heterocycles. The summed E-state index contributed by atoms with van der Waals surface area (Å²) in [5, 5.41) is 3.56. The molecule has 1 N–H and O–H groups in total. The van der Waals surface area contributed by atoms with Gasteiger partial charge in [-0.05, 0) is 17.5 Å². The van der Waals surface area contributed by atoms with Gasteiger partial charge in [0, 0.05) is 11.4 Å². The van der Waals surface area contributed by atoms with E-state index in [4.69, 9.17) is 4.74 Å². The Morgan fingerprint density at radius 2 is 1.57 bits per heavy atom. The van der Waals surface area contributed by atoms with Crippen LogP contribution < -0.4 is 5.32 Å². The summed E-state index contributed by atoms with van der Waals surface area (Å²) in [5.74, 6) is 0. The van der Waals surface area contributed by atoms with E-state index in [2.05, 4.69) is 21.2 Å². The van der Waals surface area contributed by atoms with Crippen LogP contribution in [0.25, 0.3) is 0 Å². The highest BCUT2D eigenvalue weighted by molar-refractivity contribution is 9.09. The van der Waals surface area contributed by atoms with Crippen molar-refractivity contribution in [2.45, 2.75) is 19.1 Å². The Morgan fingerprint density at radius 1 is 1.00 bits per heavy atom. The van der Waals surface area contributed by atoms with E-state index >= 15 is 0 Å². The van der Waals surface area contributed by atoms with Gasteiger partial charge >= 0.3 is 6.09 Å². The molecule has 21 heavy (non-hydrogen) atoms. The van der Waals surface area contributed by atoms with Crippen molar-refractivity contribution in [3.05, 3.63) is 71.8 Å². The van der Waals surface area contributed by atoms with Crippen LogP contribution in [0.1, 0.15) is 11.1 Å². The molecule has 0 aliphatic rings. The van der Waals surface area contributed by atoms with Crippen molar-refractivity contribution in [3.8, 4) is 0 Å². The fourth-order valence-corrected chi connectivity index (χ4v) is 2.37. The second kappa shape index (κ2) is 8.47. The van der Waals surface area contributed by atoms with Gasteiger partial charge in [0.15, 0.2) is 0 Å². The number of alkyl halides is 1. The molecule has 0 spiro atoms. The third-order valence-electron chi connectivity index (χ3n) is 3.05. The summed E-state index contributed by atoms with van der Waals surface area (Å²) in [6.07, 6.45) is 0.381. The predicted octanol–water partition coefficient (Wildman–Crippen LogP) is 3.92. The van der Waals surface area contributed by atoms with Gasteiger partial charge in [-0.25, -0.2) is 4.79 Å². The van der Waals surface area contributed by atoms with E-state index in [0.29, 0.717) is 5.33 Å². The fraction of sp³-hybridized carbons (Fsp3) is 0.235. The van der Waals surface area contributed by atoms with Gasteiger partial charge in [-0.1, -0.05) is 76.6 Å². The molecule has 2 aromatic rings. The summed E-state index contributed by atoms with van der Waals surface area (Å²) in [6, 6.07) is 19.7. The lowest BCUT2D eigenvalue weighted by molar-refractivity contribution is 0.136. The zero-order chi connectivity index (χ0) is 14.9. The maximum atomic E-state index is 11.8. The third-order valence-corrected chi connectivity index (χ3v) is 3.83. The maximum Gasteiger partial charge on any atom is 0.407 e. The highest BCUT2D eigenvalue weighted by Gasteiger charge is 2.12. The zero-order valence-corrected chi connectivity index (χ0v) is 13.3. The van der Waals surface area contributed by atoms with E-state index in [0.717, 1.165) is 12.0 Å². The van der Waals surface area contributed by atoms with Crippen molar-refractivity contribution in [1.82, 2.24) is 5.32 Å². The first-order valence-electron chi connectivity index (χ1n) is 6.85. The number of amides is 1. The summed E-state index contributed by atoms with van der Waals surface area (Å²) in [4.78, 5) is 11.8. The highest BCUT2D eigenvalue weighted by Crippen LogP contribution is 2.06. The number of hydrogen-bond acceptors (Lipinski definition) is 2. The molecular formula is C17H18BrNO2. The molecule has 0 radical (unpaired) electrons. The molecule has 1 atom stereocenters. The van der Waals surface area contributed by atoms with Crippen LogP contribution in [0.3, 0.4) is 0 Å². The van der Waals surface area contributed by atoms with E-state index in [1.165, 1.54) is 5.56 Å². The largest absolute Gasteiger partial charge is 0.445 e. The molecule has 0 saturated carbocycles. The SMILES string of the molecule is O=C(N[C@H](CBr)Cc1ccccc1)OCc1ccccc1. The van der Waals surface area contributed by atoms with E-state index in [-0.39, 0.29) is 18.7 Å². The van der Waals surface area contributed by atoms with Crippen molar-refractivity contribution < 1.29 is 9.53 Å². The van der Waals surface area contributed by atoms with Crippen LogP contribution in [-0.2, 0) is 17.8 Å². The van der Waals surface area contributed by atoms with Crippen LogP contribution >= 0.6 is 15.9 Å². The second-order valence-corrected chi connectivity index (χ2v) is 5.39. The Balaban J connectivity index is 1.80. The number of carbonyl (C=O) groups excluding carboxylic acids is 1. The van der Waals surface area contributed by atoms with Crippen LogP contribution in [0.4, 0.5) is 4.79 Å². The number of alkyl carbamates (subject to hydrolysis) is 1. The lowest BCUT2D eigenvalue weighted by Crippen LogP contribution is -2.38. The minimum atomic E-state index is -0.390. The number of hydrogen-bond donors (Lipinski definition) is 1. The number of rotatable bonds is 6. The van der Waals surface area contributed by atoms with Crippen molar-refractivity contribution in [2.75, 3.05) is 5.33 Å². The highest BCUT2D eigenvalue weighted by atomic mass is 79.9. The number of carbonyl (C=O) groups is 1. The van der Waals surface area contributed by atoms with Gasteiger partial charge in [-0.15, -0.1) is 0 Å². The summed E-state index contributed by atoms with van der Waals surface area (Å²) in [7, 11) is 0. The first kappa shape index (κ1) is 15.6. The van der Waals surface area contributed by atoms with Gasteiger partial charge in [-0.3, -0.25) is 0 Å². The summed E-state index contributed by atoms with van der Waals surface area (Å²) >= 11 is 3.43. The second-order valence-electron chi connectivity index (χ2n) is 4.75. The van der Waals surface area contributed by atoms with E-state index < -0.39 is 0 Å². The normalized spacial score (nSPS) is 11.7. The Bertz CT molecular complexity index is 545. The van der Waals surface area contributed by atoms with Crippen LogP contribution in [0.2, 0.25) is 0 Å². The molecule has 1 amide bonds. The molecule has 0 unspecified atom stereocenters. The standard InChI is InChI=1S/C17H18BrNO2/c18-12-16(11-14-7-3-1-4-8-14)19-17(20)21-13-15-9-5-2-6-10-15/h1-10,16H,11-13H2,(H,19,20)/t16-/m0/s1. The van der Waals surface area contributed by atoms with E-state index in [1.54, 1.807) is 0 Å². The smallest absolute Gasteiger partial charge is 0.407 e. The molecule has 110 valence electrons. The summed E-state index contributed by atoms with van der Waals surface area (Å²) in [6.45, 7) is 0.285. The maximum absolute atomic E-state index is 11.8. The molecule has 0 bridgehead atoms. The van der Waals surface area contributed by atoms with Crippen LogP contribution in [0.5, 0.6) is 0 Å². The third kappa shape index (κ3) is 5.60. The van der Waals surface area contributed by atoms with E-state index in [9.17, 15) is 4.79 Å². The monoisotopic (exact) mass is 347 g/mol. The fourth-order valence-electron chi connectivity index (χ4n) is 1.97. The van der Waals surface area contributed by atoms with E-state index in [1.807, 2.05) is 60.7 Å². The van der Waals surface area contributed by atoms with Gasteiger partial charge in [0.2, 0.25) is 0 Å².